The second kappa shape index (κ2) is 7.89. The summed E-state index contributed by atoms with van der Waals surface area (Å²) in [5, 5.41) is 14.5. The van der Waals surface area contributed by atoms with Crippen LogP contribution in [0.4, 0.5) is 11.4 Å². The Morgan fingerprint density at radius 3 is 2.38 bits per heavy atom. The number of aromatic hydroxyl groups is 1. The molecule has 0 amide bonds. The predicted octanol–water partition coefficient (Wildman–Crippen LogP) is 5.97. The van der Waals surface area contributed by atoms with E-state index in [-0.39, 0.29) is 10.9 Å². The molecule has 0 atom stereocenters. The van der Waals surface area contributed by atoms with Gasteiger partial charge in [-0.25, -0.2) is 0 Å². The standard InChI is InChI=1S/C24H19NO3S/c1-2-28-24(29)25(23-19-9-4-3-7-16(19)12-14-22(23)27)21-13-11-17(15-26)18-8-5-6-10-20(18)21/h3-15,27H,2H2,1H3. The first-order valence-corrected chi connectivity index (χ1v) is 9.71. The lowest BCUT2D eigenvalue weighted by Crippen LogP contribution is -2.27. The highest BCUT2D eigenvalue weighted by Gasteiger charge is 2.24. The van der Waals surface area contributed by atoms with Gasteiger partial charge in [0.15, 0.2) is 6.29 Å². The topological polar surface area (TPSA) is 49.8 Å². The van der Waals surface area contributed by atoms with Gasteiger partial charge in [-0.3, -0.25) is 9.69 Å². The molecule has 0 aliphatic carbocycles. The molecule has 0 unspecified atom stereocenters. The average molecular weight is 401 g/mol. The van der Waals surface area contributed by atoms with Crippen LogP contribution in [0.1, 0.15) is 17.3 Å². The molecule has 4 aromatic carbocycles. The van der Waals surface area contributed by atoms with E-state index >= 15 is 0 Å². The third-order valence-electron chi connectivity index (χ3n) is 4.86. The first-order chi connectivity index (χ1) is 14.2. The molecular weight excluding hydrogens is 382 g/mol. The largest absolute Gasteiger partial charge is 0.506 e. The fourth-order valence-corrected chi connectivity index (χ4v) is 3.89. The Hall–Kier alpha value is -3.44. The summed E-state index contributed by atoms with van der Waals surface area (Å²) in [6.07, 6.45) is 0.840. The highest BCUT2D eigenvalue weighted by Crippen LogP contribution is 2.42. The Kier molecular flexibility index (Phi) is 5.14. The maximum atomic E-state index is 11.5. The number of carbonyl (C=O) groups is 1. The number of hydrogen-bond acceptors (Lipinski definition) is 4. The van der Waals surface area contributed by atoms with Crippen LogP contribution in [0.25, 0.3) is 21.5 Å². The van der Waals surface area contributed by atoms with E-state index in [2.05, 4.69) is 0 Å². The number of fused-ring (bicyclic) bond motifs is 2. The molecule has 0 heterocycles. The molecule has 4 aromatic rings. The first kappa shape index (κ1) is 18.9. The summed E-state index contributed by atoms with van der Waals surface area (Å²) in [6, 6.07) is 22.5. The predicted molar refractivity (Wildman–Crippen MR) is 121 cm³/mol. The number of phenols is 1. The average Bonchev–Trinajstić information content (AvgIpc) is 2.75. The van der Waals surface area contributed by atoms with Crippen LogP contribution in [0.5, 0.6) is 5.75 Å². The number of carbonyl (C=O) groups excluding carboxylic acids is 1. The fourth-order valence-electron chi connectivity index (χ4n) is 3.58. The van der Waals surface area contributed by atoms with Crippen LogP contribution in [0.2, 0.25) is 0 Å². The van der Waals surface area contributed by atoms with Crippen LogP contribution in [0.3, 0.4) is 0 Å². The third-order valence-corrected chi connectivity index (χ3v) is 5.16. The monoisotopic (exact) mass is 401 g/mol. The number of phenolic OH excluding ortho intramolecular Hbond substituents is 1. The lowest BCUT2D eigenvalue weighted by atomic mass is 10.0. The molecule has 0 spiro atoms. The number of aldehydes is 1. The number of thiocarbonyl (C=S) groups is 1. The number of ether oxygens (including phenoxy) is 1. The van der Waals surface area contributed by atoms with Gasteiger partial charge in [0, 0.05) is 16.3 Å². The normalized spacial score (nSPS) is 10.8. The van der Waals surface area contributed by atoms with Crippen LogP contribution in [-0.2, 0) is 4.74 Å². The van der Waals surface area contributed by atoms with Crippen LogP contribution in [0.15, 0.2) is 72.8 Å². The molecule has 4 rings (SSSR count). The van der Waals surface area contributed by atoms with Gasteiger partial charge in [-0.05, 0) is 48.1 Å². The van der Waals surface area contributed by atoms with Crippen molar-refractivity contribution in [3.05, 3.63) is 78.4 Å². The number of nitrogens with zero attached hydrogens (tertiary/aromatic N) is 1. The maximum absolute atomic E-state index is 11.5. The van der Waals surface area contributed by atoms with Crippen LogP contribution in [-0.4, -0.2) is 23.2 Å². The number of benzene rings is 4. The smallest absolute Gasteiger partial charge is 0.268 e. The van der Waals surface area contributed by atoms with Crippen molar-refractivity contribution in [2.75, 3.05) is 11.5 Å². The molecule has 1 N–H and O–H groups in total. The van der Waals surface area contributed by atoms with Crippen LogP contribution >= 0.6 is 12.2 Å². The lowest BCUT2D eigenvalue weighted by molar-refractivity contribution is 0.112. The van der Waals surface area contributed by atoms with Gasteiger partial charge in [0.1, 0.15) is 5.75 Å². The minimum Gasteiger partial charge on any atom is -0.506 e. The summed E-state index contributed by atoms with van der Waals surface area (Å²) in [5.74, 6) is 0.0919. The minimum atomic E-state index is 0.0919. The Morgan fingerprint density at radius 1 is 0.966 bits per heavy atom. The van der Waals surface area contributed by atoms with Gasteiger partial charge >= 0.3 is 0 Å². The molecule has 5 heteroatoms. The SMILES string of the molecule is CCOC(=S)N(c1c(O)ccc2ccccc12)c1ccc(C=O)c2ccccc12. The third kappa shape index (κ3) is 3.30. The Labute approximate surface area is 173 Å². The van der Waals surface area contributed by atoms with Crippen molar-refractivity contribution in [2.24, 2.45) is 0 Å². The summed E-state index contributed by atoms with van der Waals surface area (Å²) >= 11 is 5.61. The molecule has 0 aromatic heterocycles. The fraction of sp³-hybridized carbons (Fsp3) is 0.0833. The van der Waals surface area contributed by atoms with E-state index in [1.54, 1.807) is 17.0 Å². The highest BCUT2D eigenvalue weighted by atomic mass is 32.1. The van der Waals surface area contributed by atoms with Crippen LogP contribution in [0, 0.1) is 0 Å². The molecular formula is C24H19NO3S. The van der Waals surface area contributed by atoms with Gasteiger partial charge in [0.2, 0.25) is 0 Å². The molecule has 4 nitrogen and oxygen atoms in total. The summed E-state index contributed by atoms with van der Waals surface area (Å²) < 4.78 is 5.70. The summed E-state index contributed by atoms with van der Waals surface area (Å²) in [6.45, 7) is 2.26. The second-order valence-corrected chi connectivity index (χ2v) is 6.88. The van der Waals surface area contributed by atoms with Crippen molar-refractivity contribution in [3.8, 4) is 5.75 Å². The molecule has 0 fully saturated rings. The molecule has 0 saturated heterocycles. The zero-order valence-corrected chi connectivity index (χ0v) is 16.6. The summed E-state index contributed by atoms with van der Waals surface area (Å²) in [4.78, 5) is 13.3. The molecule has 0 radical (unpaired) electrons. The summed E-state index contributed by atoms with van der Waals surface area (Å²) in [7, 11) is 0. The van der Waals surface area contributed by atoms with Crippen LogP contribution < -0.4 is 4.90 Å². The van der Waals surface area contributed by atoms with Crippen molar-refractivity contribution < 1.29 is 14.6 Å². The van der Waals surface area contributed by atoms with E-state index in [4.69, 9.17) is 17.0 Å². The first-order valence-electron chi connectivity index (χ1n) is 9.30. The van der Waals surface area contributed by atoms with E-state index < -0.39 is 0 Å². The number of rotatable bonds is 4. The van der Waals surface area contributed by atoms with Crippen molar-refractivity contribution >= 4 is 56.6 Å². The molecule has 0 aliphatic heterocycles. The van der Waals surface area contributed by atoms with E-state index in [9.17, 15) is 9.90 Å². The molecule has 0 aliphatic rings. The zero-order valence-electron chi connectivity index (χ0n) is 15.8. The van der Waals surface area contributed by atoms with Gasteiger partial charge in [0.05, 0.1) is 18.0 Å². The van der Waals surface area contributed by atoms with E-state index in [0.29, 0.717) is 17.9 Å². The maximum Gasteiger partial charge on any atom is 0.268 e. The Balaban J connectivity index is 2.07. The van der Waals surface area contributed by atoms with Gasteiger partial charge in [-0.1, -0.05) is 54.6 Å². The van der Waals surface area contributed by atoms with E-state index in [1.807, 2.05) is 67.6 Å². The lowest BCUT2D eigenvalue weighted by Gasteiger charge is -2.28. The van der Waals surface area contributed by atoms with Gasteiger partial charge in [0.25, 0.3) is 5.17 Å². The van der Waals surface area contributed by atoms with E-state index in [1.165, 1.54) is 0 Å². The van der Waals surface area contributed by atoms with Gasteiger partial charge in [-0.2, -0.15) is 0 Å². The highest BCUT2D eigenvalue weighted by molar-refractivity contribution is 7.80. The van der Waals surface area contributed by atoms with Crippen molar-refractivity contribution in [3.63, 3.8) is 0 Å². The Bertz CT molecular complexity index is 1240. The number of anilines is 2. The van der Waals surface area contributed by atoms with Crippen molar-refractivity contribution in [1.82, 2.24) is 0 Å². The molecule has 29 heavy (non-hydrogen) atoms. The van der Waals surface area contributed by atoms with E-state index in [0.717, 1.165) is 33.5 Å². The van der Waals surface area contributed by atoms with Crippen molar-refractivity contribution in [2.45, 2.75) is 6.92 Å². The molecule has 0 bridgehead atoms. The van der Waals surface area contributed by atoms with Crippen molar-refractivity contribution in [1.29, 1.82) is 0 Å². The quantitative estimate of drug-likeness (QED) is 0.337. The van der Waals surface area contributed by atoms with Gasteiger partial charge in [-0.15, -0.1) is 0 Å². The molecule has 0 saturated carbocycles. The minimum absolute atomic E-state index is 0.0919. The second-order valence-electron chi connectivity index (χ2n) is 6.53. The summed E-state index contributed by atoms with van der Waals surface area (Å²) in [5.41, 5.74) is 1.87. The number of hydrogen-bond donors (Lipinski definition) is 1. The zero-order chi connectivity index (χ0) is 20.4. The molecule has 144 valence electrons. The van der Waals surface area contributed by atoms with Gasteiger partial charge < -0.3 is 9.84 Å². The Morgan fingerprint density at radius 2 is 1.66 bits per heavy atom.